The molecule has 0 amide bonds. The summed E-state index contributed by atoms with van der Waals surface area (Å²) in [6.45, 7) is 25.2. The van der Waals surface area contributed by atoms with Crippen LogP contribution in [0.1, 0.15) is 61.6 Å². The first-order chi connectivity index (χ1) is 36.2. The van der Waals surface area contributed by atoms with Gasteiger partial charge in [-0.2, -0.15) is 0 Å². The predicted molar refractivity (Wildman–Crippen MR) is 331 cm³/mol. The van der Waals surface area contributed by atoms with Gasteiger partial charge >= 0.3 is 0 Å². The molecule has 8 aliphatic rings. The van der Waals surface area contributed by atoms with Crippen LogP contribution in [-0.4, -0.2) is 24.2 Å². The highest BCUT2D eigenvalue weighted by atomic mass is 28.3. The zero-order valence-corrected chi connectivity index (χ0v) is 45.7. The van der Waals surface area contributed by atoms with Crippen LogP contribution in [-0.2, 0) is 16.2 Å². The van der Waals surface area contributed by atoms with E-state index in [4.69, 9.17) is 0 Å². The quantitative estimate of drug-likeness (QED) is 0.115. The van der Waals surface area contributed by atoms with E-state index < -0.39 is 24.2 Å². The average Bonchev–Trinajstić information content (AvgIpc) is 1.48. The Morgan fingerprint density at radius 3 is 0.773 bits per heavy atom. The van der Waals surface area contributed by atoms with Gasteiger partial charge in [-0.1, -0.05) is 58.9 Å². The molecule has 0 heterocycles. The molecule has 0 nitrogen and oxygen atoms in total. The summed E-state index contributed by atoms with van der Waals surface area (Å²) in [5, 5.41) is 80.2. The molecule has 24 aromatic carbocycles. The van der Waals surface area contributed by atoms with E-state index in [1.807, 2.05) is 82.6 Å². The maximum absolute atomic E-state index is 2.81. The van der Waals surface area contributed by atoms with Gasteiger partial charge in [0.05, 0.1) is 0 Å². The Kier molecular flexibility index (Phi) is 3.07. The standard InChI is InChI=1S/C72H34Si3/c1-73(2,3)10-70-61-51-41-35-21-19-14-13-15-17-18-16(13)24-26-20(14)22(21)36-38-37(35)49(51)59-60-50(38)52-42(36)40(26)44-30(24)32-28(18)34-33-27(17)31-29-23(15)25(19)39(41)43(29)53(61)55-45(31)47(33)57-58-48(34)46(32)56-54(44)62(52)71(11-74(4,5)6)64(56)66(58)72(12-75(7,8)9,65(57)63(55)70)69(67(59)70)68(60)71/h61H,10-12H2,1-9H3. The monoisotopic (exact) mass is 982 g/mol. The van der Waals surface area contributed by atoms with Gasteiger partial charge in [0.2, 0.25) is 0 Å². The number of hydrogen-bond acceptors (Lipinski definition) is 0. The molecule has 4 unspecified atom stereocenters. The Morgan fingerprint density at radius 1 is 0.200 bits per heavy atom. The van der Waals surface area contributed by atoms with Crippen molar-refractivity contribution in [3.05, 3.63) is 55.6 Å². The molecule has 0 aromatic heterocycles. The lowest BCUT2D eigenvalue weighted by Crippen LogP contribution is -2.53. The van der Waals surface area contributed by atoms with E-state index >= 15 is 0 Å². The predicted octanol–water partition coefficient (Wildman–Crippen LogP) is 20.4. The van der Waals surface area contributed by atoms with Crippen molar-refractivity contribution >= 4 is 272 Å². The van der Waals surface area contributed by atoms with Gasteiger partial charge in [-0.25, -0.2) is 0 Å². The van der Waals surface area contributed by atoms with Crippen LogP contribution in [0, 0.1) is 0 Å². The summed E-state index contributed by atoms with van der Waals surface area (Å²) >= 11 is 0. The van der Waals surface area contributed by atoms with Crippen molar-refractivity contribution < 1.29 is 0 Å². The topological polar surface area (TPSA) is 0 Å². The highest BCUT2D eigenvalue weighted by molar-refractivity contribution is 6.81. The first-order valence-electron chi connectivity index (χ1n) is 29.2. The fourth-order valence-electron chi connectivity index (χ4n) is 27.6. The van der Waals surface area contributed by atoms with Crippen LogP contribution in [0.15, 0.2) is 0 Å². The Morgan fingerprint density at radius 2 is 0.400 bits per heavy atom. The molecule has 0 spiro atoms. The van der Waals surface area contributed by atoms with Crippen molar-refractivity contribution in [2.24, 2.45) is 0 Å². The van der Waals surface area contributed by atoms with Crippen LogP contribution in [0.3, 0.4) is 0 Å². The second-order valence-corrected chi connectivity index (χ2v) is 48.9. The minimum Gasteiger partial charge on any atom is -0.0695 e. The van der Waals surface area contributed by atoms with Gasteiger partial charge in [-0.15, -0.1) is 0 Å². The smallest absolute Gasteiger partial charge is 0.0460 e. The lowest BCUT2D eigenvalue weighted by molar-refractivity contribution is 0.467. The molecule has 4 atom stereocenters. The van der Waals surface area contributed by atoms with Crippen molar-refractivity contribution in [2.45, 2.75) is 99.2 Å². The second kappa shape index (κ2) is 7.18. The number of rotatable bonds is 6. The van der Waals surface area contributed by atoms with E-state index in [-0.39, 0.29) is 16.2 Å². The number of benzene rings is 15. The highest BCUT2D eigenvalue weighted by Crippen LogP contribution is 2.88. The van der Waals surface area contributed by atoms with E-state index in [2.05, 4.69) is 58.9 Å². The summed E-state index contributed by atoms with van der Waals surface area (Å²) in [4.78, 5) is 0. The summed E-state index contributed by atoms with van der Waals surface area (Å²) in [7, 11) is -5.54. The van der Waals surface area contributed by atoms with Crippen molar-refractivity contribution in [3.63, 3.8) is 0 Å². The van der Waals surface area contributed by atoms with Gasteiger partial charge in [0.15, 0.2) is 0 Å². The normalized spacial score (nSPS) is 25.3. The summed E-state index contributed by atoms with van der Waals surface area (Å²) in [6.07, 6.45) is 0. The zero-order valence-electron chi connectivity index (χ0n) is 42.7. The molecule has 8 aliphatic carbocycles. The van der Waals surface area contributed by atoms with E-state index in [9.17, 15) is 0 Å². The van der Waals surface area contributed by atoms with E-state index in [0.29, 0.717) is 5.92 Å². The third-order valence-electron chi connectivity index (χ3n) is 26.8. The Bertz CT molecular complexity index is 7240. The molecule has 0 aliphatic heterocycles. The van der Waals surface area contributed by atoms with Crippen LogP contribution in [0.2, 0.25) is 77.1 Å². The van der Waals surface area contributed by atoms with Gasteiger partial charge in [0, 0.05) is 46.4 Å². The molecule has 0 saturated heterocycles. The van der Waals surface area contributed by atoms with Gasteiger partial charge in [0.25, 0.3) is 0 Å². The summed E-state index contributed by atoms with van der Waals surface area (Å²) in [5.74, 6) is 0.376. The Hall–Kier alpha value is -6.63. The van der Waals surface area contributed by atoms with E-state index in [1.165, 1.54) is 18.1 Å². The van der Waals surface area contributed by atoms with Crippen LogP contribution < -0.4 is 0 Å². The van der Waals surface area contributed by atoms with Gasteiger partial charge < -0.3 is 0 Å². The first kappa shape index (κ1) is 32.1. The average molecular weight is 983 g/mol. The zero-order chi connectivity index (χ0) is 47.0. The van der Waals surface area contributed by atoms with Gasteiger partial charge in [-0.3, -0.25) is 0 Å². The molecule has 0 radical (unpaired) electrons. The third kappa shape index (κ3) is 1.90. The minimum absolute atomic E-state index is 0.0743. The van der Waals surface area contributed by atoms with Crippen LogP contribution >= 0.6 is 0 Å². The van der Waals surface area contributed by atoms with Crippen LogP contribution in [0.5, 0.6) is 0 Å². The summed E-state index contributed by atoms with van der Waals surface area (Å²) < 4.78 is 0. The van der Waals surface area contributed by atoms with Crippen LogP contribution in [0.25, 0.3) is 248 Å². The molecule has 0 N–H and O–H groups in total. The second-order valence-electron chi connectivity index (χ2n) is 32.5. The molecule has 0 bridgehead atoms. The highest BCUT2D eigenvalue weighted by Gasteiger charge is 2.73. The largest absolute Gasteiger partial charge is 0.0695 e. The molecular weight excluding hydrogens is 949 g/mol. The summed E-state index contributed by atoms with van der Waals surface area (Å²) in [5.41, 5.74) is 18.7. The van der Waals surface area contributed by atoms with E-state index in [0.717, 1.165) is 0 Å². The molecule has 24 aromatic rings. The molecule has 32 rings (SSSR count). The van der Waals surface area contributed by atoms with E-state index in [1.54, 1.807) is 221 Å². The van der Waals surface area contributed by atoms with Crippen molar-refractivity contribution in [1.82, 2.24) is 0 Å². The minimum atomic E-state index is -1.86. The lowest BCUT2D eigenvalue weighted by atomic mass is 9.49. The molecular formula is C72H34Si3. The molecule has 0 saturated carbocycles. The fourth-order valence-corrected chi connectivity index (χ4v) is 34.1. The lowest BCUT2D eigenvalue weighted by Gasteiger charge is -2.57. The SMILES string of the molecule is C[Si](C)(C)CC12c3c4c5c6c3C3(C[Si](C)(C)C)c7c1c1c8c2c2c9c%10c%11c%12c%13c(c5c5c%13c%13c%14c%12c%12c%11c%11c9c8c8c9c1c1c7c7c3c3c6c5c5c3c3c7c6c1c9c1c(c%118)c%12c7c%14c(c5%13)c3c6c17)C%10C24C[Si](C)(C)C. The van der Waals surface area contributed by atoms with Crippen molar-refractivity contribution in [2.75, 3.05) is 0 Å². The maximum atomic E-state index is 2.81. The van der Waals surface area contributed by atoms with Crippen molar-refractivity contribution in [1.29, 1.82) is 0 Å². The van der Waals surface area contributed by atoms with Crippen molar-refractivity contribution in [3.8, 4) is 0 Å². The maximum Gasteiger partial charge on any atom is 0.0460 e. The molecule has 3 heteroatoms. The first-order valence-corrected chi connectivity index (χ1v) is 40.4. The Labute approximate surface area is 424 Å². The fraction of sp³-hybridized carbons (Fsp3) is 0.222. The molecule has 0 fully saturated rings. The van der Waals surface area contributed by atoms with Crippen LogP contribution in [0.4, 0.5) is 0 Å². The summed E-state index contributed by atoms with van der Waals surface area (Å²) in [6, 6.07) is 3.99. The molecule has 75 heavy (non-hydrogen) atoms. The Balaban J connectivity index is 1.17. The molecule has 334 valence electrons. The number of hydrogen-bond donors (Lipinski definition) is 0. The van der Waals surface area contributed by atoms with Gasteiger partial charge in [0.1, 0.15) is 0 Å². The van der Waals surface area contributed by atoms with Gasteiger partial charge in [-0.05, 0) is 322 Å². The third-order valence-corrected chi connectivity index (χ3v) is 31.6.